The zero-order chi connectivity index (χ0) is 14.3. The molecule has 0 radical (unpaired) electrons. The normalized spacial score (nSPS) is 15.5. The summed E-state index contributed by atoms with van der Waals surface area (Å²) in [6.45, 7) is 17.7. The molecule has 0 bridgehead atoms. The molecule has 0 fully saturated rings. The van der Waals surface area contributed by atoms with Gasteiger partial charge in [0.05, 0.1) is 0 Å². The lowest BCUT2D eigenvalue weighted by atomic mass is 10.2. The summed E-state index contributed by atoms with van der Waals surface area (Å²) in [5.41, 5.74) is 0. The van der Waals surface area contributed by atoms with Gasteiger partial charge in [-0.15, -0.1) is 11.6 Å². The van der Waals surface area contributed by atoms with Crippen LogP contribution in [0.1, 0.15) is 55.4 Å². The zero-order valence-corrected chi connectivity index (χ0v) is 15.6. The summed E-state index contributed by atoms with van der Waals surface area (Å²) in [7, 11) is -2.27. The van der Waals surface area contributed by atoms with Crippen molar-refractivity contribution in [2.24, 2.45) is 0 Å². The van der Waals surface area contributed by atoms with Gasteiger partial charge in [0.25, 0.3) is 0 Å². The summed E-state index contributed by atoms with van der Waals surface area (Å²) in [4.78, 5) is 0. The highest BCUT2D eigenvalue weighted by molar-refractivity contribution is 6.92. The Morgan fingerprint density at radius 1 is 0.824 bits per heavy atom. The first-order chi connectivity index (χ1) is 7.25. The monoisotopic (exact) mass is 317 g/mol. The topological polar surface area (TPSA) is 3.24 Å². The van der Waals surface area contributed by atoms with E-state index in [0.29, 0.717) is 5.88 Å². The van der Waals surface area contributed by atoms with E-state index in [1.54, 1.807) is 0 Å². The van der Waals surface area contributed by atoms with Gasteiger partial charge in [0.2, 0.25) is 0 Å². The number of halogens is 3. The van der Waals surface area contributed by atoms with Crippen LogP contribution < -0.4 is 0 Å². The molecule has 0 aromatic rings. The largest absolute Gasteiger partial charge is 0.186 e. The molecule has 1 nitrogen and oxygen atoms in total. The fourth-order valence-electron chi connectivity index (χ4n) is 3.99. The first-order valence-electron chi connectivity index (χ1n) is 5.93. The zero-order valence-electron chi connectivity index (χ0n) is 12.3. The number of rotatable bonds is 3. The van der Waals surface area contributed by atoms with Crippen LogP contribution in [0.15, 0.2) is 0 Å². The SMILES string of the molecule is CC(C)(C)[Si](N(Cl)Cl)(C(C)(C)C)C(C)(C)CCl. The predicted octanol–water partition coefficient (Wildman–Crippen LogP) is 6.16. The van der Waals surface area contributed by atoms with Gasteiger partial charge < -0.3 is 0 Å². The quantitative estimate of drug-likeness (QED) is 0.342. The molecular formula is C12H26Cl3NSi. The van der Waals surface area contributed by atoms with Gasteiger partial charge in [-0.2, -0.15) is 3.60 Å². The standard InChI is InChI=1S/C12H26Cl3NSi/c1-10(2,3)17(16(14)15,11(4,5)6)12(7,8)9-13/h9H2,1-8H3. The van der Waals surface area contributed by atoms with E-state index in [1.165, 1.54) is 3.60 Å². The lowest BCUT2D eigenvalue weighted by Crippen LogP contribution is -2.65. The van der Waals surface area contributed by atoms with E-state index in [4.69, 9.17) is 35.2 Å². The molecule has 0 atom stereocenters. The number of alkyl halides is 1. The summed E-state index contributed by atoms with van der Waals surface area (Å²) in [5, 5.41) is -0.0468. The minimum Gasteiger partial charge on any atom is -0.158 e. The number of hydrogen-bond acceptors (Lipinski definition) is 1. The van der Waals surface area contributed by atoms with Crippen LogP contribution >= 0.6 is 35.2 Å². The summed E-state index contributed by atoms with van der Waals surface area (Å²) >= 11 is 18.9. The van der Waals surface area contributed by atoms with Crippen molar-refractivity contribution in [2.75, 3.05) is 5.88 Å². The average Bonchev–Trinajstić information content (AvgIpc) is 1.97. The molecule has 0 aliphatic carbocycles. The van der Waals surface area contributed by atoms with Crippen molar-refractivity contribution in [3.05, 3.63) is 0 Å². The van der Waals surface area contributed by atoms with Gasteiger partial charge in [0.15, 0.2) is 8.24 Å². The van der Waals surface area contributed by atoms with Crippen molar-refractivity contribution in [1.29, 1.82) is 0 Å². The second-order valence-corrected chi connectivity index (χ2v) is 15.4. The van der Waals surface area contributed by atoms with Gasteiger partial charge in [-0.05, 0) is 38.7 Å². The van der Waals surface area contributed by atoms with Crippen LogP contribution in [0.3, 0.4) is 0 Å². The van der Waals surface area contributed by atoms with Crippen LogP contribution in [-0.2, 0) is 0 Å². The summed E-state index contributed by atoms with van der Waals surface area (Å²) < 4.78 is 1.47. The van der Waals surface area contributed by atoms with E-state index in [9.17, 15) is 0 Å². The van der Waals surface area contributed by atoms with Gasteiger partial charge in [-0.25, -0.2) is 0 Å². The van der Waals surface area contributed by atoms with E-state index in [-0.39, 0.29) is 15.1 Å². The van der Waals surface area contributed by atoms with Gasteiger partial charge in [-0.1, -0.05) is 55.4 Å². The Morgan fingerprint density at radius 3 is 1.18 bits per heavy atom. The van der Waals surface area contributed by atoms with Crippen molar-refractivity contribution in [3.8, 4) is 0 Å². The summed E-state index contributed by atoms with van der Waals surface area (Å²) in [6.07, 6.45) is 0. The lowest BCUT2D eigenvalue weighted by molar-refractivity contribution is 0.497. The van der Waals surface area contributed by atoms with Crippen LogP contribution in [0.5, 0.6) is 0 Å². The van der Waals surface area contributed by atoms with E-state index < -0.39 is 8.24 Å². The maximum atomic E-state index is 6.33. The maximum absolute atomic E-state index is 6.33. The van der Waals surface area contributed by atoms with Crippen molar-refractivity contribution in [1.82, 2.24) is 3.60 Å². The fraction of sp³-hybridized carbons (Fsp3) is 1.00. The Morgan fingerprint density at radius 2 is 1.12 bits per heavy atom. The highest BCUT2D eigenvalue weighted by Gasteiger charge is 2.65. The predicted molar refractivity (Wildman–Crippen MR) is 83.5 cm³/mol. The summed E-state index contributed by atoms with van der Waals surface area (Å²) in [5.74, 6) is 0.559. The van der Waals surface area contributed by atoms with Crippen molar-refractivity contribution >= 4 is 43.4 Å². The molecule has 0 amide bonds. The molecule has 0 N–H and O–H groups in total. The fourth-order valence-corrected chi connectivity index (χ4v) is 17.0. The number of nitrogens with zero attached hydrogens (tertiary/aromatic N) is 1. The van der Waals surface area contributed by atoms with Gasteiger partial charge in [-0.3, -0.25) is 0 Å². The molecule has 0 spiro atoms. The van der Waals surface area contributed by atoms with Crippen LogP contribution in [0.2, 0.25) is 15.1 Å². The van der Waals surface area contributed by atoms with Gasteiger partial charge in [0.1, 0.15) is 0 Å². The van der Waals surface area contributed by atoms with Crippen molar-refractivity contribution in [3.63, 3.8) is 0 Å². The van der Waals surface area contributed by atoms with Crippen molar-refractivity contribution < 1.29 is 0 Å². The molecule has 0 aliphatic heterocycles. The first kappa shape index (κ1) is 18.0. The molecule has 17 heavy (non-hydrogen) atoms. The number of hydrogen-bond donors (Lipinski definition) is 0. The Labute approximate surface area is 123 Å². The molecule has 0 unspecified atom stereocenters. The van der Waals surface area contributed by atoms with Crippen LogP contribution in [0.25, 0.3) is 0 Å². The third-order valence-corrected chi connectivity index (χ3v) is 13.1. The molecule has 104 valence electrons. The molecular weight excluding hydrogens is 293 g/mol. The third kappa shape index (κ3) is 2.81. The third-order valence-electron chi connectivity index (χ3n) is 3.74. The van der Waals surface area contributed by atoms with Crippen LogP contribution in [-0.4, -0.2) is 17.7 Å². The summed E-state index contributed by atoms with van der Waals surface area (Å²) in [6, 6.07) is 0. The molecule has 0 aromatic carbocycles. The van der Waals surface area contributed by atoms with Crippen LogP contribution in [0.4, 0.5) is 0 Å². The lowest BCUT2D eigenvalue weighted by Gasteiger charge is -2.60. The average molecular weight is 319 g/mol. The molecule has 0 saturated heterocycles. The Hall–Kier alpha value is 1.05. The van der Waals surface area contributed by atoms with E-state index in [2.05, 4.69) is 55.4 Å². The van der Waals surface area contributed by atoms with E-state index in [1.807, 2.05) is 0 Å². The van der Waals surface area contributed by atoms with Crippen LogP contribution in [0, 0.1) is 0 Å². The molecule has 0 saturated carbocycles. The Kier molecular flexibility index (Phi) is 5.52. The Balaban J connectivity index is 6.16. The Bertz CT molecular complexity index is 250. The molecule has 0 aromatic heterocycles. The van der Waals surface area contributed by atoms with Gasteiger partial charge in [0, 0.05) is 5.88 Å². The van der Waals surface area contributed by atoms with E-state index in [0.717, 1.165) is 0 Å². The smallest absolute Gasteiger partial charge is 0.158 e. The molecule has 5 heteroatoms. The minimum absolute atomic E-state index is 0.0210. The molecule has 0 aliphatic rings. The first-order valence-corrected chi connectivity index (χ1v) is 9.09. The second kappa shape index (κ2) is 5.20. The van der Waals surface area contributed by atoms with E-state index >= 15 is 0 Å². The molecule has 0 rings (SSSR count). The van der Waals surface area contributed by atoms with Gasteiger partial charge >= 0.3 is 0 Å². The maximum Gasteiger partial charge on any atom is 0.186 e. The highest BCUT2D eigenvalue weighted by atomic mass is 35.5. The highest BCUT2D eigenvalue weighted by Crippen LogP contribution is 2.64. The van der Waals surface area contributed by atoms with Crippen molar-refractivity contribution in [2.45, 2.75) is 70.5 Å². The minimum atomic E-state index is -2.27. The second-order valence-electron chi connectivity index (χ2n) is 7.46. The molecule has 0 heterocycles.